The van der Waals surface area contributed by atoms with Crippen LogP contribution in [0.15, 0.2) is 29.6 Å². The van der Waals surface area contributed by atoms with Gasteiger partial charge >= 0.3 is 0 Å². The summed E-state index contributed by atoms with van der Waals surface area (Å²) in [6.45, 7) is 3.67. The standard InChI is InChI=1S/C24H26N4O2S/c1-14-13-31-24-21(26-22(28(14)24)15-4-3-5-15)17-8-9-27(12-17)23(29)20-10-16-6-7-18(30-2)11-19(16)25-20/h6-7,10-11,13,15,17,25H,3-5,8-9,12H2,1-2H3/t17-/m1/s1. The normalized spacial score (nSPS) is 19.4. The number of thiazole rings is 1. The highest BCUT2D eigenvalue weighted by Crippen LogP contribution is 2.41. The van der Waals surface area contributed by atoms with E-state index in [-0.39, 0.29) is 5.91 Å². The summed E-state index contributed by atoms with van der Waals surface area (Å²) >= 11 is 1.79. The van der Waals surface area contributed by atoms with Gasteiger partial charge in [-0.05, 0) is 44.4 Å². The molecule has 2 aliphatic rings. The minimum atomic E-state index is 0.0645. The third-order valence-electron chi connectivity index (χ3n) is 6.97. The molecule has 0 unspecified atom stereocenters. The molecule has 0 spiro atoms. The van der Waals surface area contributed by atoms with Gasteiger partial charge in [0.1, 0.15) is 22.1 Å². The van der Waals surface area contributed by atoms with Crippen molar-refractivity contribution in [2.24, 2.45) is 0 Å². The van der Waals surface area contributed by atoms with Crippen molar-refractivity contribution in [3.05, 3.63) is 52.6 Å². The number of carbonyl (C=O) groups is 1. The SMILES string of the molecule is COc1ccc2cc(C(=O)N3CC[C@@H](c4nc(C5CCC5)n5c(C)csc45)C3)[nH]c2c1. The van der Waals surface area contributed by atoms with Crippen molar-refractivity contribution in [2.45, 2.75) is 44.4 Å². The number of nitrogens with one attached hydrogen (secondary N) is 1. The quantitative estimate of drug-likeness (QED) is 0.487. The Morgan fingerprint density at radius 3 is 2.87 bits per heavy atom. The Hall–Kier alpha value is -2.80. The number of aromatic nitrogens is 3. The first-order chi connectivity index (χ1) is 15.1. The van der Waals surface area contributed by atoms with E-state index in [2.05, 4.69) is 21.7 Å². The first kappa shape index (κ1) is 18.9. The molecule has 2 fully saturated rings. The van der Waals surface area contributed by atoms with Gasteiger partial charge in [-0.25, -0.2) is 4.98 Å². The molecule has 7 heteroatoms. The Kier molecular flexibility index (Phi) is 4.35. The van der Waals surface area contributed by atoms with Crippen molar-refractivity contribution in [3.8, 4) is 5.75 Å². The number of imidazole rings is 1. The fourth-order valence-electron chi connectivity index (χ4n) is 4.98. The molecule has 6 nitrogen and oxygen atoms in total. The third-order valence-corrected chi connectivity index (χ3v) is 8.05. The van der Waals surface area contributed by atoms with E-state index < -0.39 is 0 Å². The summed E-state index contributed by atoms with van der Waals surface area (Å²) in [5.41, 5.74) is 4.03. The number of carbonyl (C=O) groups excluding carboxylic acids is 1. The molecular weight excluding hydrogens is 408 g/mol. The zero-order chi connectivity index (χ0) is 21.1. The summed E-state index contributed by atoms with van der Waals surface area (Å²) in [5, 5.41) is 3.26. The van der Waals surface area contributed by atoms with Crippen molar-refractivity contribution in [1.29, 1.82) is 0 Å². The largest absolute Gasteiger partial charge is 0.497 e. The lowest BCUT2D eigenvalue weighted by Crippen LogP contribution is -2.28. The molecule has 160 valence electrons. The van der Waals surface area contributed by atoms with E-state index in [0.717, 1.165) is 36.2 Å². The number of aryl methyl sites for hydroxylation is 1. The van der Waals surface area contributed by atoms with Crippen molar-refractivity contribution in [3.63, 3.8) is 0 Å². The van der Waals surface area contributed by atoms with E-state index in [0.29, 0.717) is 17.5 Å². The lowest BCUT2D eigenvalue weighted by atomic mass is 9.85. The first-order valence-corrected chi connectivity index (χ1v) is 11.9. The zero-order valence-corrected chi connectivity index (χ0v) is 18.7. The van der Waals surface area contributed by atoms with Gasteiger partial charge in [0, 0.05) is 53.0 Å². The molecule has 4 heterocycles. The van der Waals surface area contributed by atoms with Crippen LogP contribution < -0.4 is 4.74 Å². The van der Waals surface area contributed by atoms with Crippen LogP contribution in [0.3, 0.4) is 0 Å². The van der Waals surface area contributed by atoms with E-state index in [1.807, 2.05) is 29.2 Å². The van der Waals surface area contributed by atoms with E-state index in [9.17, 15) is 4.79 Å². The first-order valence-electron chi connectivity index (χ1n) is 11.0. The number of benzene rings is 1. The molecular formula is C24H26N4O2S. The fourth-order valence-corrected chi connectivity index (χ4v) is 6.04. The van der Waals surface area contributed by atoms with E-state index in [1.165, 1.54) is 41.3 Å². The van der Waals surface area contributed by atoms with Crippen LogP contribution in [0.2, 0.25) is 0 Å². The number of hydrogen-bond acceptors (Lipinski definition) is 4. The summed E-state index contributed by atoms with van der Waals surface area (Å²) < 4.78 is 7.67. The van der Waals surface area contributed by atoms with Crippen molar-refractivity contribution in [2.75, 3.05) is 20.2 Å². The van der Waals surface area contributed by atoms with Gasteiger partial charge < -0.3 is 14.6 Å². The number of nitrogens with zero attached hydrogens (tertiary/aromatic N) is 3. The summed E-state index contributed by atoms with van der Waals surface area (Å²) in [6.07, 6.45) is 4.76. The van der Waals surface area contributed by atoms with Crippen molar-refractivity contribution in [1.82, 2.24) is 19.3 Å². The van der Waals surface area contributed by atoms with E-state index >= 15 is 0 Å². The fraction of sp³-hybridized carbons (Fsp3) is 0.417. The molecule has 1 saturated carbocycles. The smallest absolute Gasteiger partial charge is 0.270 e. The minimum Gasteiger partial charge on any atom is -0.497 e. The molecule has 1 amide bonds. The molecule has 1 aliphatic carbocycles. The highest BCUT2D eigenvalue weighted by Gasteiger charge is 2.34. The number of likely N-dealkylation sites (tertiary alicyclic amines) is 1. The Morgan fingerprint density at radius 2 is 2.10 bits per heavy atom. The van der Waals surface area contributed by atoms with Gasteiger partial charge in [0.05, 0.1) is 12.8 Å². The van der Waals surface area contributed by atoms with Gasteiger partial charge in [0.2, 0.25) is 0 Å². The number of aromatic amines is 1. The summed E-state index contributed by atoms with van der Waals surface area (Å²) in [4.78, 5) is 24.9. The number of fused-ring (bicyclic) bond motifs is 2. The zero-order valence-electron chi connectivity index (χ0n) is 17.9. The summed E-state index contributed by atoms with van der Waals surface area (Å²) in [6, 6.07) is 7.78. The van der Waals surface area contributed by atoms with Gasteiger partial charge in [-0.2, -0.15) is 0 Å². The molecule has 1 saturated heterocycles. The van der Waals surface area contributed by atoms with Crippen LogP contribution in [0.4, 0.5) is 0 Å². The molecule has 31 heavy (non-hydrogen) atoms. The van der Waals surface area contributed by atoms with Crippen LogP contribution >= 0.6 is 11.3 Å². The second-order valence-electron chi connectivity index (χ2n) is 8.87. The molecule has 1 aliphatic heterocycles. The summed E-state index contributed by atoms with van der Waals surface area (Å²) in [7, 11) is 1.65. The molecule has 4 aromatic rings. The lowest BCUT2D eigenvalue weighted by Gasteiger charge is -2.24. The van der Waals surface area contributed by atoms with E-state index in [1.54, 1.807) is 18.4 Å². The number of hydrogen-bond donors (Lipinski definition) is 1. The predicted octanol–water partition coefficient (Wildman–Crippen LogP) is 5.09. The van der Waals surface area contributed by atoms with Crippen LogP contribution in [0, 0.1) is 6.92 Å². The highest BCUT2D eigenvalue weighted by molar-refractivity contribution is 7.15. The Labute approximate surface area is 184 Å². The Morgan fingerprint density at radius 1 is 1.23 bits per heavy atom. The van der Waals surface area contributed by atoms with Crippen molar-refractivity contribution >= 4 is 33.0 Å². The van der Waals surface area contributed by atoms with Crippen LogP contribution in [0.1, 0.15) is 65.2 Å². The maximum Gasteiger partial charge on any atom is 0.270 e. The highest BCUT2D eigenvalue weighted by atomic mass is 32.1. The summed E-state index contributed by atoms with van der Waals surface area (Å²) in [5.74, 6) is 2.98. The van der Waals surface area contributed by atoms with Gasteiger partial charge in [0.25, 0.3) is 5.91 Å². The number of ether oxygens (including phenoxy) is 1. The van der Waals surface area contributed by atoms with Gasteiger partial charge in [-0.3, -0.25) is 9.20 Å². The number of rotatable bonds is 4. The average molecular weight is 435 g/mol. The van der Waals surface area contributed by atoms with Crippen molar-refractivity contribution < 1.29 is 9.53 Å². The maximum absolute atomic E-state index is 13.2. The molecule has 0 radical (unpaired) electrons. The average Bonchev–Trinajstić information content (AvgIpc) is 3.50. The second kappa shape index (κ2) is 7.12. The van der Waals surface area contributed by atoms with Crippen LogP contribution in [0.25, 0.3) is 15.7 Å². The van der Waals surface area contributed by atoms with Crippen LogP contribution in [-0.4, -0.2) is 45.4 Å². The molecule has 6 rings (SSSR count). The predicted molar refractivity (Wildman–Crippen MR) is 123 cm³/mol. The lowest BCUT2D eigenvalue weighted by molar-refractivity contribution is 0.0786. The third kappa shape index (κ3) is 2.97. The van der Waals surface area contributed by atoms with Gasteiger partial charge in [-0.1, -0.05) is 6.42 Å². The number of H-pyrrole nitrogens is 1. The topological polar surface area (TPSA) is 62.6 Å². The van der Waals surface area contributed by atoms with Crippen LogP contribution in [0.5, 0.6) is 5.75 Å². The molecule has 1 aromatic carbocycles. The minimum absolute atomic E-state index is 0.0645. The Balaban J connectivity index is 1.27. The number of amides is 1. The molecule has 1 atom stereocenters. The number of methoxy groups -OCH3 is 1. The van der Waals surface area contributed by atoms with E-state index in [4.69, 9.17) is 9.72 Å². The molecule has 0 bridgehead atoms. The monoisotopic (exact) mass is 434 g/mol. The van der Waals surface area contributed by atoms with Crippen LogP contribution in [-0.2, 0) is 0 Å². The molecule has 3 aromatic heterocycles. The van der Waals surface area contributed by atoms with Gasteiger partial charge in [-0.15, -0.1) is 11.3 Å². The maximum atomic E-state index is 13.2. The Bertz CT molecular complexity index is 1300. The van der Waals surface area contributed by atoms with Gasteiger partial charge in [0.15, 0.2) is 0 Å². The molecule has 1 N–H and O–H groups in total. The second-order valence-corrected chi connectivity index (χ2v) is 9.73.